The van der Waals surface area contributed by atoms with Crippen molar-refractivity contribution in [2.24, 2.45) is 0 Å². The topological polar surface area (TPSA) is 364 Å². The van der Waals surface area contributed by atoms with Crippen molar-refractivity contribution >= 4 is 43.9 Å². The molecule has 27 heteroatoms. The van der Waals surface area contributed by atoms with Gasteiger partial charge in [-0.05, 0) is 0 Å². The summed E-state index contributed by atoms with van der Waals surface area (Å²) in [6.07, 6.45) is 0. The fourth-order valence-electron chi connectivity index (χ4n) is 0. The molecule has 18 nitrogen and oxygen atoms in total. The molecule has 0 rings (SSSR count). The Hall–Kier alpha value is 1.46. The Bertz CT molecular complexity index is 122. The summed E-state index contributed by atoms with van der Waals surface area (Å²) >= 11 is 0. The van der Waals surface area contributed by atoms with Crippen molar-refractivity contribution in [3.63, 3.8) is 0 Å². The van der Waals surface area contributed by atoms with E-state index in [2.05, 4.69) is 0 Å². The molecule has 27 heavy (non-hydrogen) atoms. The van der Waals surface area contributed by atoms with Crippen LogP contribution in [-0.4, -0.2) is 134 Å². The summed E-state index contributed by atoms with van der Waals surface area (Å²) in [5.41, 5.74) is 0. The Kier molecular flexibility index (Phi) is 107. The molecule has 0 saturated heterocycles. The second-order valence-electron chi connectivity index (χ2n) is 2.08. The molecule has 0 spiro atoms. The van der Waals surface area contributed by atoms with Gasteiger partial charge in [0.15, 0.2) is 0 Å². The zero-order valence-corrected chi connectivity index (χ0v) is 14.5. The maximum atomic E-state index is 7.17. The van der Waals surface area contributed by atoms with Crippen LogP contribution in [0.2, 0.25) is 0 Å². The predicted molar refractivity (Wildman–Crippen MR) is 77.8 cm³/mol. The fraction of sp³-hybridized carbons (Fsp3) is 0. The maximum absolute atomic E-state index is 7.17. The molecule has 0 aromatic heterocycles. The van der Waals surface area contributed by atoms with Crippen LogP contribution in [-0.2, 0) is 0 Å². The van der Waals surface area contributed by atoms with E-state index in [0.717, 1.165) is 0 Å². The van der Waals surface area contributed by atoms with E-state index < -0.39 is 43.9 Å². The average molecular weight is 395 g/mol. The van der Waals surface area contributed by atoms with Gasteiger partial charge in [-0.15, -0.1) is 0 Å². The van der Waals surface area contributed by atoms with Crippen molar-refractivity contribution in [2.75, 3.05) is 0 Å². The largest absolute Gasteiger partial charge is 1.00 e. The zero-order valence-electron chi connectivity index (χ0n) is 17.5. The van der Waals surface area contributed by atoms with Gasteiger partial charge in [-0.3, -0.25) is 0 Å². The molecule has 0 unspecified atom stereocenters. The molecule has 0 amide bonds. The van der Waals surface area contributed by atoms with Crippen LogP contribution in [0.1, 0.15) is 4.28 Å². The quantitative estimate of drug-likeness (QED) is 0.169. The van der Waals surface area contributed by atoms with Crippen molar-refractivity contribution in [2.45, 2.75) is 0 Å². The standard InChI is InChI=1S/6BH3O3.3Li.3H/c6*2-1(3)4;;;;;;/h6*2-4H;;;;;;/q;;;;;;3*+1;3*-1. The molecule has 0 aromatic carbocycles. The van der Waals surface area contributed by atoms with E-state index in [0.29, 0.717) is 0 Å². The van der Waals surface area contributed by atoms with Crippen LogP contribution in [0.5, 0.6) is 0 Å². The minimum atomic E-state index is -2.17. The van der Waals surface area contributed by atoms with Gasteiger partial charge in [-0.2, -0.15) is 0 Å². The summed E-state index contributed by atoms with van der Waals surface area (Å²) in [5, 5.41) is 129. The number of hydrogen-bond acceptors (Lipinski definition) is 18. The summed E-state index contributed by atoms with van der Waals surface area (Å²) in [6.45, 7) is 0. The van der Waals surface area contributed by atoms with E-state index in [1.165, 1.54) is 0 Å². The molecule has 150 valence electrons. The van der Waals surface area contributed by atoms with Gasteiger partial charge in [0, 0.05) is 0 Å². The molecule has 0 atom stereocenters. The van der Waals surface area contributed by atoms with E-state index in [4.69, 9.17) is 90.4 Å². The van der Waals surface area contributed by atoms with Gasteiger partial charge in [0.25, 0.3) is 0 Å². The van der Waals surface area contributed by atoms with Gasteiger partial charge in [0.05, 0.1) is 0 Å². The van der Waals surface area contributed by atoms with Crippen molar-refractivity contribution in [3.05, 3.63) is 0 Å². The molecule has 0 saturated carbocycles. The van der Waals surface area contributed by atoms with Crippen LogP contribution < -0.4 is 56.6 Å². The van der Waals surface area contributed by atoms with Crippen LogP contribution in [0.4, 0.5) is 0 Å². The third-order valence-corrected chi connectivity index (χ3v) is 0. The smallest absolute Gasteiger partial charge is 1.00 e. The SMILES string of the molecule is OB(O)O.OB(O)O.OB(O)O.OB(O)O.OB(O)O.OB(O)O.[H-].[H-].[H-].[Li+].[Li+].[Li+]. The van der Waals surface area contributed by atoms with Gasteiger partial charge in [-0.25, -0.2) is 0 Å². The van der Waals surface area contributed by atoms with Crippen LogP contribution in [0, 0.1) is 0 Å². The third-order valence-electron chi connectivity index (χ3n) is 0. The number of rotatable bonds is 0. The summed E-state index contributed by atoms with van der Waals surface area (Å²) in [7, 11) is -13.0. The van der Waals surface area contributed by atoms with Crippen LogP contribution in [0.25, 0.3) is 0 Å². The van der Waals surface area contributed by atoms with Crippen molar-refractivity contribution in [1.29, 1.82) is 0 Å². The Balaban J connectivity index is -0.0000000125. The van der Waals surface area contributed by atoms with Crippen molar-refractivity contribution in [1.82, 2.24) is 0 Å². The third kappa shape index (κ3) is 8330. The van der Waals surface area contributed by atoms with Crippen LogP contribution in [0.15, 0.2) is 0 Å². The minimum Gasteiger partial charge on any atom is -1.00 e. The first kappa shape index (κ1) is 56.7. The van der Waals surface area contributed by atoms with E-state index in [1.54, 1.807) is 0 Å². The molecule has 18 N–H and O–H groups in total. The van der Waals surface area contributed by atoms with Crippen molar-refractivity contribution in [3.8, 4) is 0 Å². The molecule has 0 aliphatic carbocycles. The van der Waals surface area contributed by atoms with Gasteiger partial charge < -0.3 is 94.7 Å². The first-order valence-electron chi connectivity index (χ1n) is 4.65. The molecular formula is H21B6Li3O18. The van der Waals surface area contributed by atoms with Crippen LogP contribution >= 0.6 is 0 Å². The molecule has 0 heterocycles. The maximum Gasteiger partial charge on any atom is 1.00 e. The first-order chi connectivity index (χ1) is 10.4. The molecule has 0 fully saturated rings. The normalized spacial score (nSPS) is 6.00. The van der Waals surface area contributed by atoms with E-state index in [-0.39, 0.29) is 60.9 Å². The molecule has 0 bridgehead atoms. The van der Waals surface area contributed by atoms with Crippen molar-refractivity contribution < 1.29 is 151 Å². The summed E-state index contributed by atoms with van der Waals surface area (Å²) in [4.78, 5) is 0. The summed E-state index contributed by atoms with van der Waals surface area (Å²) in [6, 6.07) is 0. The van der Waals surface area contributed by atoms with E-state index in [9.17, 15) is 0 Å². The monoisotopic (exact) mass is 396 g/mol. The van der Waals surface area contributed by atoms with E-state index in [1.807, 2.05) is 0 Å². The molecular weight excluding hydrogens is 374 g/mol. The van der Waals surface area contributed by atoms with Gasteiger partial charge in [0.2, 0.25) is 0 Å². The van der Waals surface area contributed by atoms with E-state index >= 15 is 0 Å². The molecule has 0 radical (unpaired) electrons. The second-order valence-corrected chi connectivity index (χ2v) is 2.08. The van der Waals surface area contributed by atoms with Gasteiger partial charge in [-0.1, -0.05) is 0 Å². The molecule has 0 aromatic rings. The molecule has 0 aliphatic rings. The second kappa shape index (κ2) is 50.8. The Morgan fingerprint density at radius 2 is 0.222 bits per heavy atom. The predicted octanol–water partition coefficient (Wildman–Crippen LogP) is -21.0. The Labute approximate surface area is 195 Å². The summed E-state index contributed by atoms with van der Waals surface area (Å²) in [5.74, 6) is 0. The van der Waals surface area contributed by atoms with Crippen LogP contribution in [0.3, 0.4) is 0 Å². The average Bonchev–Trinajstić information content (AvgIpc) is 2.08. The Morgan fingerprint density at radius 3 is 0.222 bits per heavy atom. The fourth-order valence-corrected chi connectivity index (χ4v) is 0. The first-order valence-corrected chi connectivity index (χ1v) is 4.65. The van der Waals surface area contributed by atoms with Gasteiger partial charge in [0.1, 0.15) is 0 Å². The zero-order chi connectivity index (χ0) is 21.5. The number of hydrogen-bond donors (Lipinski definition) is 18. The van der Waals surface area contributed by atoms with Gasteiger partial charge >= 0.3 is 101 Å². The Morgan fingerprint density at radius 1 is 0.222 bits per heavy atom. The molecule has 0 aliphatic heterocycles. The minimum absolute atomic E-state index is 0. The summed E-state index contributed by atoms with van der Waals surface area (Å²) < 4.78 is 0.